The van der Waals surface area contributed by atoms with Crippen LogP contribution in [0.2, 0.25) is 0 Å². The Labute approximate surface area is 671 Å². The number of hydrazone groups is 2. The number of benzene rings is 10. The van der Waals surface area contributed by atoms with E-state index in [1.807, 2.05) is 62.4 Å². The van der Waals surface area contributed by atoms with Gasteiger partial charge in [0, 0.05) is 91.9 Å². The van der Waals surface area contributed by atoms with Crippen LogP contribution < -0.4 is 41.4 Å². The molecule has 0 radical (unpaired) electrons. The maximum atomic E-state index is 13.0. The van der Waals surface area contributed by atoms with E-state index in [0.29, 0.717) is 47.1 Å². The van der Waals surface area contributed by atoms with E-state index in [4.69, 9.17) is 18.3 Å². The van der Waals surface area contributed by atoms with Gasteiger partial charge < -0.3 is 38.0 Å². The van der Waals surface area contributed by atoms with Gasteiger partial charge in [0.1, 0.15) is 56.0 Å². The van der Waals surface area contributed by atoms with E-state index in [1.54, 1.807) is 74.5 Å². The smallest absolute Gasteiger partial charge is 0.338 e. The van der Waals surface area contributed by atoms with E-state index >= 15 is 0 Å². The molecule has 116 heavy (non-hydrogen) atoms. The van der Waals surface area contributed by atoms with E-state index in [2.05, 4.69) is 155 Å². The lowest BCUT2D eigenvalue weighted by atomic mass is 9.89. The number of carbonyl (C=O) groups excluding carboxylic acids is 4. The summed E-state index contributed by atoms with van der Waals surface area (Å²) in [5, 5.41) is 37.5. The molecule has 0 fully saturated rings. The van der Waals surface area contributed by atoms with Crippen LogP contribution in [0.15, 0.2) is 243 Å². The van der Waals surface area contributed by atoms with Crippen molar-refractivity contribution in [2.45, 2.75) is 105 Å². The highest BCUT2D eigenvalue weighted by Gasteiger charge is 2.37. The third-order valence-corrected chi connectivity index (χ3v) is 21.0. The Kier molecular flexibility index (Phi) is 25.3. The molecule has 28 heteroatoms. The number of aryl methyl sites for hydroxylation is 4. The van der Waals surface area contributed by atoms with Crippen molar-refractivity contribution in [3.05, 3.63) is 238 Å². The molecule has 2 unspecified atom stereocenters. The van der Waals surface area contributed by atoms with E-state index in [0.717, 1.165) is 172 Å². The highest BCUT2D eigenvalue weighted by atomic mass is 32.2. The summed E-state index contributed by atoms with van der Waals surface area (Å²) < 4.78 is 98.0. The van der Waals surface area contributed by atoms with Crippen molar-refractivity contribution < 1.29 is 73.4 Å². The second kappa shape index (κ2) is 35.6. The van der Waals surface area contributed by atoms with Gasteiger partial charge in [-0.15, -0.1) is 0 Å². The summed E-state index contributed by atoms with van der Waals surface area (Å²) in [7, 11) is -10.6. The van der Waals surface area contributed by atoms with Crippen LogP contribution in [0.3, 0.4) is 0 Å². The first kappa shape index (κ1) is 82.4. The largest absolute Gasteiger partial charge is 0.744 e. The summed E-state index contributed by atoms with van der Waals surface area (Å²) in [5.41, 5.74) is 15.3. The molecule has 4 aliphatic heterocycles. The first-order chi connectivity index (χ1) is 55.7. The number of azo groups is 2. The van der Waals surface area contributed by atoms with Crippen molar-refractivity contribution in [1.82, 2.24) is 0 Å². The molecule has 2 atom stereocenters. The van der Waals surface area contributed by atoms with Gasteiger partial charge in [-0.2, -0.15) is 40.7 Å². The normalized spacial score (nSPS) is 14.7. The van der Waals surface area contributed by atoms with Crippen LogP contribution in [-0.2, 0) is 39.3 Å². The molecule has 4 N–H and O–H groups in total. The van der Waals surface area contributed by atoms with Gasteiger partial charge in [0.2, 0.25) is 10.7 Å². The predicted molar refractivity (Wildman–Crippen MR) is 443 cm³/mol. The lowest BCUT2D eigenvalue weighted by Gasteiger charge is -2.19. The lowest BCUT2D eigenvalue weighted by molar-refractivity contribution is -0.496. The zero-order chi connectivity index (χ0) is 82.9. The van der Waals surface area contributed by atoms with Crippen LogP contribution in [0.4, 0.5) is 34.1 Å². The Morgan fingerprint density at radius 1 is 0.457 bits per heavy atom. The van der Waals surface area contributed by atoms with E-state index in [-0.39, 0.29) is 23.3 Å². The summed E-state index contributed by atoms with van der Waals surface area (Å²) in [4.78, 5) is 56.7. The zero-order valence-corrected chi connectivity index (χ0v) is 67.6. The predicted octanol–water partition coefficient (Wildman–Crippen LogP) is 13.8. The molecule has 0 spiro atoms. The maximum Gasteiger partial charge on any atom is 0.338 e. The number of ether oxygens (including phenoxy) is 2. The summed E-state index contributed by atoms with van der Waals surface area (Å²) in [5.74, 6) is -0.134. The summed E-state index contributed by atoms with van der Waals surface area (Å²) in [6, 6.07) is 53.3. The molecule has 0 bridgehead atoms. The summed E-state index contributed by atoms with van der Waals surface area (Å²) >= 11 is 0. The molecule has 0 aromatic heterocycles. The second-order valence-electron chi connectivity index (χ2n) is 27.2. The monoisotopic (exact) mass is 1600 g/mol. The van der Waals surface area contributed by atoms with Gasteiger partial charge in [-0.05, 0) is 190 Å². The number of carbonyl (C=O) groups is 4. The van der Waals surface area contributed by atoms with Gasteiger partial charge in [-0.3, -0.25) is 9.59 Å². The second-order valence-corrected chi connectivity index (χ2v) is 29.9. The highest BCUT2D eigenvalue weighted by Crippen LogP contribution is 2.46. The maximum absolute atomic E-state index is 13.0. The first-order valence-electron chi connectivity index (χ1n) is 37.8. The number of amides is 2. The molecule has 26 nitrogen and oxygen atoms in total. The van der Waals surface area contributed by atoms with Crippen molar-refractivity contribution in [2.75, 3.05) is 60.0 Å². The molecular formula is C88H86N12O14S2. The van der Waals surface area contributed by atoms with Crippen LogP contribution in [-0.4, -0.2) is 113 Å². The number of esters is 2. The SMILES string of the molecule is CC1=NN(c2ccccc2)C(=O)C1N=Nc1ccc(-c2ccc(N=NC3C(=O)N(c4ccccc4)N=C3C)cc2S(=O)(=O)[O-])c(S(=O)(=O)[O-])c1.CCNc1cc2oc3cc(=[NH+]CC)c(C)cc-3c(-c3ccccc3C(=O)OCC)c2cc1C.CCNc1cc2oc3cc(=[NH+]CC)c(C)cc-3c(-c3ccccc3C(=O)OCC)c2cc1C. The van der Waals surface area contributed by atoms with Crippen LogP contribution in [0, 0.1) is 27.7 Å². The number of anilines is 4. The van der Waals surface area contributed by atoms with Gasteiger partial charge in [0.05, 0.1) is 80.4 Å². The Hall–Kier alpha value is -13.0. The lowest BCUT2D eigenvalue weighted by Crippen LogP contribution is -2.76. The zero-order valence-electron chi connectivity index (χ0n) is 66.0. The number of hydrogen-bond donors (Lipinski definition) is 4. The molecule has 0 saturated heterocycles. The third kappa shape index (κ3) is 17.7. The van der Waals surface area contributed by atoms with Crippen LogP contribution in [0.5, 0.6) is 0 Å². The molecule has 2 amide bonds. The van der Waals surface area contributed by atoms with Crippen molar-refractivity contribution in [2.24, 2.45) is 30.7 Å². The third-order valence-electron chi connectivity index (χ3n) is 19.2. The Bertz CT molecular complexity index is 5900. The van der Waals surface area contributed by atoms with Crippen LogP contribution in [0.25, 0.3) is 78.0 Å². The minimum atomic E-state index is -5.29. The average Bonchev–Trinajstić information content (AvgIpc) is 0.882. The minimum Gasteiger partial charge on any atom is -0.744 e. The topological polar surface area (TPSA) is 360 Å². The quantitative estimate of drug-likeness (QED) is 0.0225. The number of nitrogens with one attached hydrogen (secondary N) is 4. The van der Waals surface area contributed by atoms with Gasteiger partial charge in [-0.1, -0.05) is 84.9 Å². The first-order valence-corrected chi connectivity index (χ1v) is 40.6. The van der Waals surface area contributed by atoms with Crippen molar-refractivity contribution in [3.8, 4) is 56.0 Å². The number of rotatable bonds is 21. The molecule has 4 heterocycles. The Balaban J connectivity index is 0.000000166. The highest BCUT2D eigenvalue weighted by molar-refractivity contribution is 7.86. The van der Waals surface area contributed by atoms with E-state index < -0.39 is 65.1 Å². The summed E-state index contributed by atoms with van der Waals surface area (Å²) in [6.07, 6.45) is 0. The fourth-order valence-corrected chi connectivity index (χ4v) is 15.2. The number of fused-ring (bicyclic) bond motifs is 4. The molecule has 6 aliphatic rings. The van der Waals surface area contributed by atoms with Gasteiger partial charge in [0.15, 0.2) is 12.1 Å². The fourth-order valence-electron chi connectivity index (χ4n) is 13.8. The van der Waals surface area contributed by atoms with Gasteiger partial charge in [-0.25, -0.2) is 36.4 Å². The molecule has 594 valence electrons. The molecule has 0 saturated carbocycles. The molecule has 14 rings (SSSR count). The fraction of sp³-hybridized carbons (Fsp3) is 0.227. The average molecular weight is 1600 g/mol. The van der Waals surface area contributed by atoms with Gasteiger partial charge >= 0.3 is 11.9 Å². The van der Waals surface area contributed by atoms with Crippen molar-refractivity contribution in [3.63, 3.8) is 0 Å². The number of para-hydroxylation sites is 2. The van der Waals surface area contributed by atoms with Crippen LogP contribution in [0.1, 0.15) is 98.4 Å². The minimum absolute atomic E-state index is 0.151. The molecule has 2 aliphatic carbocycles. The Morgan fingerprint density at radius 3 is 1.18 bits per heavy atom. The van der Waals surface area contributed by atoms with E-state index in [9.17, 15) is 45.1 Å². The van der Waals surface area contributed by atoms with Crippen LogP contribution >= 0.6 is 0 Å². The van der Waals surface area contributed by atoms with E-state index in [1.165, 1.54) is 12.1 Å². The number of nitrogens with zero attached hydrogens (tertiary/aromatic N) is 8. The summed E-state index contributed by atoms with van der Waals surface area (Å²) in [6.45, 7) is 27.4. The molecular weight excluding hydrogens is 1510 g/mol. The Morgan fingerprint density at radius 2 is 0.828 bits per heavy atom. The standard InChI is InChI=1S/C32H26N8O8S2.2C28H30N2O3/c1-19-29(31(41)39(37-19)23-9-5-3-6-10-23)35-33-21-13-15-25(27(17-21)49(43,44)45)26-16-14-22(18-28(26)50(46,47)48)34-36-30-20(2)38-40(32(30)42)24-11-7-4-8-12-24;2*1-6-29-23-15-25-21(13-17(23)4)27(19-11-9-10-12-20(19)28(31)32-8-3)22-14-18(5)24(30-7-2)16-26(22)33-25/h3-18,29-30H,1-2H3,(H,43,44,45)(H,46,47,48);2*9-16,29H,6-8H2,1-5H3. The molecule has 8 aromatic rings. The number of hydrogen-bond acceptors (Lipinski definition) is 22. The van der Waals surface area contributed by atoms with Crippen molar-refractivity contribution in [1.29, 1.82) is 0 Å². The molecule has 8 aromatic carbocycles. The van der Waals surface area contributed by atoms with Gasteiger partial charge in [0.25, 0.3) is 11.8 Å². The van der Waals surface area contributed by atoms with Crippen molar-refractivity contribution >= 4 is 111 Å².